The first-order chi connectivity index (χ1) is 37.4. The number of aliphatic hydroxyl groups excluding tert-OH is 1. The lowest BCUT2D eigenvalue weighted by molar-refractivity contribution is -0.143. The number of aliphatic hydroxyl groups is 1. The molecule has 28 nitrogen and oxygen atoms in total. The SMILES string of the molecule is CSCC[C@H](NC(=O)[C@H](CCC(=O)O)NC(=O)[C@H](C)NC(=O)[C@H](CCCCN)NC(=O)[C@@H](NC(=O)[C@@H](NC(=O)[C@H](CC(C)C)NC(=O)[C@H](CCC(=O)O)NC(=O)[C@@H](N)CCCCN)C(C)C)[C@@H](C)O)C(=O)N[C@@H](CC(C)C)C(=O)O. The predicted molar refractivity (Wildman–Crippen MR) is 297 cm³/mol. The molecule has 458 valence electrons. The summed E-state index contributed by atoms with van der Waals surface area (Å²) in [5.41, 5.74) is 17.2. The van der Waals surface area contributed by atoms with Gasteiger partial charge in [-0.3, -0.25) is 52.7 Å². The van der Waals surface area contributed by atoms with Crippen LogP contribution in [0.25, 0.3) is 0 Å². The molecule has 0 rings (SSSR count). The molecule has 80 heavy (non-hydrogen) atoms. The molecular weight excluding hydrogens is 1070 g/mol. The molecule has 19 N–H and O–H groups in total. The van der Waals surface area contributed by atoms with Crippen LogP contribution in [0.15, 0.2) is 0 Å². The molecule has 0 aromatic carbocycles. The Balaban J connectivity index is 6.49. The standard InChI is InChI=1S/C51H92N12O16S/c1-26(2)24-36(60-46(73)34(17-19-39(67)68)57-43(70)31(54)14-10-12-21-52)48(75)62-40(28(5)6)49(76)63-41(30(8)64)50(77)59-32(15-11-13-22-53)44(71)55-29(7)42(69)56-33(16-18-38(65)66)45(72)58-35(20-23-80-9)47(74)61-37(51(78)79)25-27(3)4/h26-37,40-41,64H,10-25,52-54H2,1-9H3,(H,55,71)(H,56,69)(H,57,70)(H,58,72)(H,59,77)(H,60,73)(H,61,74)(H,62,75)(H,63,76)(H,65,66)(H,67,68)(H,78,79)/t29-,30+,31-,32-,33-,34-,35-,36-,37-,40-,41-/m0/s1. The van der Waals surface area contributed by atoms with Gasteiger partial charge in [-0.2, -0.15) is 11.8 Å². The monoisotopic (exact) mass is 1160 g/mol. The Labute approximate surface area is 472 Å². The second-order valence-corrected chi connectivity index (χ2v) is 22.0. The van der Waals surface area contributed by atoms with E-state index in [0.717, 1.165) is 0 Å². The first-order valence-electron chi connectivity index (χ1n) is 27.1. The molecule has 0 heterocycles. The number of carbonyl (C=O) groups excluding carboxylic acids is 9. The summed E-state index contributed by atoms with van der Waals surface area (Å²) in [6.07, 6.45) is 0.286. The van der Waals surface area contributed by atoms with Gasteiger partial charge in [-0.1, -0.05) is 48.0 Å². The normalized spacial score (nSPS) is 15.4. The number of hydrogen-bond donors (Lipinski definition) is 16. The van der Waals surface area contributed by atoms with Crippen LogP contribution in [0, 0.1) is 17.8 Å². The quantitative estimate of drug-likeness (QED) is 0.0285. The number of nitrogens with two attached hydrogens (primary N) is 3. The number of carboxylic acids is 3. The molecular formula is C51H92N12O16S. The highest BCUT2D eigenvalue weighted by Crippen LogP contribution is 2.13. The van der Waals surface area contributed by atoms with Gasteiger partial charge in [0, 0.05) is 12.8 Å². The van der Waals surface area contributed by atoms with Crippen LogP contribution in [0.4, 0.5) is 0 Å². The van der Waals surface area contributed by atoms with Crippen molar-refractivity contribution in [3.8, 4) is 0 Å². The third kappa shape index (κ3) is 29.9. The van der Waals surface area contributed by atoms with Crippen LogP contribution in [0.2, 0.25) is 0 Å². The van der Waals surface area contributed by atoms with E-state index in [1.165, 1.54) is 25.6 Å². The van der Waals surface area contributed by atoms with Crippen molar-refractivity contribution >= 4 is 82.8 Å². The minimum absolute atomic E-state index is 0.0189. The van der Waals surface area contributed by atoms with Crippen molar-refractivity contribution in [1.29, 1.82) is 0 Å². The van der Waals surface area contributed by atoms with Crippen molar-refractivity contribution in [2.75, 3.05) is 25.1 Å². The zero-order valence-electron chi connectivity index (χ0n) is 47.7. The number of amides is 9. The van der Waals surface area contributed by atoms with E-state index in [4.69, 9.17) is 17.2 Å². The van der Waals surface area contributed by atoms with Crippen molar-refractivity contribution < 1.29 is 78.0 Å². The van der Waals surface area contributed by atoms with Gasteiger partial charge in [0.1, 0.15) is 54.4 Å². The second kappa shape index (κ2) is 39.3. The van der Waals surface area contributed by atoms with Crippen molar-refractivity contribution in [3.05, 3.63) is 0 Å². The van der Waals surface area contributed by atoms with Gasteiger partial charge in [0.2, 0.25) is 53.2 Å². The van der Waals surface area contributed by atoms with Gasteiger partial charge in [-0.25, -0.2) is 4.79 Å². The Morgan fingerprint density at radius 2 is 0.800 bits per heavy atom. The molecule has 0 unspecified atom stereocenters. The van der Waals surface area contributed by atoms with Crippen LogP contribution in [-0.4, -0.2) is 183 Å². The van der Waals surface area contributed by atoms with Crippen molar-refractivity contribution in [3.63, 3.8) is 0 Å². The van der Waals surface area contributed by atoms with Crippen LogP contribution in [0.5, 0.6) is 0 Å². The zero-order valence-corrected chi connectivity index (χ0v) is 48.5. The maximum absolute atomic E-state index is 14.0. The number of unbranched alkanes of at least 4 members (excludes halogenated alkanes) is 2. The molecule has 11 atom stereocenters. The van der Waals surface area contributed by atoms with E-state index >= 15 is 0 Å². The fourth-order valence-electron chi connectivity index (χ4n) is 7.85. The summed E-state index contributed by atoms with van der Waals surface area (Å²) in [6, 6.07) is -13.9. The molecule has 0 aliphatic heterocycles. The first kappa shape index (κ1) is 73.8. The van der Waals surface area contributed by atoms with Gasteiger partial charge < -0.3 is 85.5 Å². The Bertz CT molecular complexity index is 2050. The highest BCUT2D eigenvalue weighted by Gasteiger charge is 2.37. The fraction of sp³-hybridized carbons (Fsp3) is 0.765. The molecule has 0 radical (unpaired) electrons. The molecule has 0 aliphatic rings. The van der Waals surface area contributed by atoms with Crippen LogP contribution in [0.3, 0.4) is 0 Å². The summed E-state index contributed by atoms with van der Waals surface area (Å²) in [4.78, 5) is 158. The maximum Gasteiger partial charge on any atom is 0.326 e. The van der Waals surface area contributed by atoms with Gasteiger partial charge in [0.25, 0.3) is 0 Å². The molecule has 0 saturated carbocycles. The zero-order chi connectivity index (χ0) is 61.4. The van der Waals surface area contributed by atoms with E-state index in [1.54, 1.807) is 47.8 Å². The maximum atomic E-state index is 14.0. The topological polar surface area (TPSA) is 472 Å². The Morgan fingerprint density at radius 3 is 1.25 bits per heavy atom. The molecule has 9 amide bonds. The van der Waals surface area contributed by atoms with Crippen LogP contribution in [-0.2, 0) is 57.5 Å². The largest absolute Gasteiger partial charge is 0.481 e. The number of carboxylic acid groups (broad SMARTS) is 3. The van der Waals surface area contributed by atoms with Gasteiger partial charge in [-0.05, 0) is 121 Å². The van der Waals surface area contributed by atoms with Gasteiger partial charge >= 0.3 is 17.9 Å². The van der Waals surface area contributed by atoms with E-state index in [9.17, 15) is 78.0 Å². The van der Waals surface area contributed by atoms with Crippen molar-refractivity contribution in [2.45, 2.75) is 205 Å². The summed E-state index contributed by atoms with van der Waals surface area (Å²) in [5, 5.41) is 61.7. The number of thioether (sulfide) groups is 1. The number of rotatable bonds is 42. The highest BCUT2D eigenvalue weighted by molar-refractivity contribution is 7.98. The summed E-state index contributed by atoms with van der Waals surface area (Å²) in [5.74, 6) is -12.7. The lowest BCUT2D eigenvalue weighted by atomic mass is 9.98. The predicted octanol–water partition coefficient (Wildman–Crippen LogP) is -2.35. The van der Waals surface area contributed by atoms with Gasteiger partial charge in [-0.15, -0.1) is 0 Å². The third-order valence-electron chi connectivity index (χ3n) is 12.4. The summed E-state index contributed by atoms with van der Waals surface area (Å²) in [7, 11) is 0. The Hall–Kier alpha value is -6.17. The van der Waals surface area contributed by atoms with Gasteiger partial charge in [0.05, 0.1) is 12.1 Å². The molecule has 0 aliphatic carbocycles. The average molecular weight is 1160 g/mol. The highest BCUT2D eigenvalue weighted by atomic mass is 32.2. The molecule has 0 aromatic rings. The summed E-state index contributed by atoms with van der Waals surface area (Å²) < 4.78 is 0. The van der Waals surface area contributed by atoms with Crippen LogP contribution in [0.1, 0.15) is 139 Å². The lowest BCUT2D eigenvalue weighted by Gasteiger charge is -2.30. The second-order valence-electron chi connectivity index (χ2n) is 21.0. The molecule has 29 heteroatoms. The van der Waals surface area contributed by atoms with E-state index < -0.39 is 163 Å². The number of nitrogens with one attached hydrogen (secondary N) is 9. The number of aliphatic carboxylic acids is 3. The average Bonchev–Trinajstić information content (AvgIpc) is 3.36. The minimum Gasteiger partial charge on any atom is -0.481 e. The van der Waals surface area contributed by atoms with E-state index in [2.05, 4.69) is 47.9 Å². The summed E-state index contributed by atoms with van der Waals surface area (Å²) >= 11 is 1.34. The smallest absolute Gasteiger partial charge is 0.326 e. The third-order valence-corrected chi connectivity index (χ3v) is 13.1. The van der Waals surface area contributed by atoms with E-state index in [0.29, 0.717) is 31.6 Å². The Morgan fingerprint density at radius 1 is 0.425 bits per heavy atom. The van der Waals surface area contributed by atoms with Crippen molar-refractivity contribution in [1.82, 2.24) is 47.9 Å². The van der Waals surface area contributed by atoms with Crippen molar-refractivity contribution in [2.24, 2.45) is 35.0 Å². The van der Waals surface area contributed by atoms with Crippen LogP contribution >= 0.6 is 11.8 Å². The van der Waals surface area contributed by atoms with E-state index in [-0.39, 0.29) is 63.3 Å². The Kier molecular flexibility index (Phi) is 36.2. The van der Waals surface area contributed by atoms with Gasteiger partial charge in [0.15, 0.2) is 0 Å². The molecule has 0 fully saturated rings. The molecule has 0 spiro atoms. The minimum atomic E-state index is -1.75. The number of carbonyl (C=O) groups is 12. The lowest BCUT2D eigenvalue weighted by Crippen LogP contribution is -2.62. The number of hydrogen-bond acceptors (Lipinski definition) is 17. The first-order valence-corrected chi connectivity index (χ1v) is 28.5. The molecule has 0 saturated heterocycles. The molecule has 0 bridgehead atoms. The summed E-state index contributed by atoms with van der Waals surface area (Å²) in [6.45, 7) is 13.1. The van der Waals surface area contributed by atoms with Crippen LogP contribution < -0.4 is 65.1 Å². The van der Waals surface area contributed by atoms with E-state index in [1.807, 2.05) is 0 Å². The molecule has 0 aromatic heterocycles. The fourth-order valence-corrected chi connectivity index (χ4v) is 8.32.